The molecule has 0 saturated heterocycles. The maximum atomic E-state index is 5.92. The molecule has 0 spiro atoms. The van der Waals surface area contributed by atoms with Gasteiger partial charge in [-0.05, 0) is 19.8 Å². The number of hydrogen-bond donors (Lipinski definition) is 0. The van der Waals surface area contributed by atoms with Crippen molar-refractivity contribution in [2.45, 2.75) is 84.5 Å². The number of halogens is 1. The Morgan fingerprint density at radius 1 is 0.947 bits per heavy atom. The van der Waals surface area contributed by atoms with E-state index in [-0.39, 0.29) is 0 Å². The summed E-state index contributed by atoms with van der Waals surface area (Å²) in [6, 6.07) is 0. The number of unbranched alkanes of at least 4 members (excludes halogenated alkanes) is 9. The minimum Gasteiger partial charge on any atom is -0.246 e. The summed E-state index contributed by atoms with van der Waals surface area (Å²) in [6.07, 6.45) is 16.8. The topological polar surface area (TPSA) is 17.8 Å². The molecule has 0 aromatic carbocycles. The van der Waals surface area contributed by atoms with E-state index < -0.39 is 0 Å². The van der Waals surface area contributed by atoms with Crippen LogP contribution in [0.15, 0.2) is 6.20 Å². The fraction of sp³-hybridized carbons (Fsp3) is 0.812. The van der Waals surface area contributed by atoms with Crippen LogP contribution >= 0.6 is 11.8 Å². The van der Waals surface area contributed by atoms with Gasteiger partial charge in [-0.1, -0.05) is 64.7 Å². The van der Waals surface area contributed by atoms with Gasteiger partial charge in [0.1, 0.15) is 5.82 Å². The Morgan fingerprint density at radius 3 is 1.95 bits per heavy atom. The molecule has 0 N–H and O–H groups in total. The Hall–Kier alpha value is -0.500. The summed E-state index contributed by atoms with van der Waals surface area (Å²) in [5.41, 5.74) is 1.13. The van der Waals surface area contributed by atoms with Crippen molar-refractivity contribution in [1.29, 1.82) is 0 Å². The van der Waals surface area contributed by atoms with Gasteiger partial charge in [0, 0.05) is 18.0 Å². The van der Waals surface area contributed by atoms with Crippen LogP contribution < -0.4 is 0 Å². The third-order valence-corrected chi connectivity index (χ3v) is 4.01. The summed E-state index contributed by atoms with van der Waals surface area (Å²) in [7, 11) is 0. The predicted molar refractivity (Wildman–Crippen MR) is 83.8 cm³/mol. The van der Waals surface area contributed by atoms with Gasteiger partial charge in [-0.25, -0.2) is 9.07 Å². The molecule has 19 heavy (non-hydrogen) atoms. The van der Waals surface area contributed by atoms with Crippen LogP contribution in [0.1, 0.15) is 82.7 Å². The Morgan fingerprint density at radius 2 is 1.47 bits per heavy atom. The van der Waals surface area contributed by atoms with Crippen LogP contribution in [0.25, 0.3) is 0 Å². The summed E-state index contributed by atoms with van der Waals surface area (Å²) in [5.74, 6) is 0.892. The van der Waals surface area contributed by atoms with Gasteiger partial charge in [0.15, 0.2) is 0 Å². The minimum absolute atomic E-state index is 0.892. The normalized spacial score (nSPS) is 11.1. The molecule has 2 nitrogen and oxygen atoms in total. The summed E-state index contributed by atoms with van der Waals surface area (Å²) in [6.45, 7) is 4.21. The Kier molecular flexibility index (Phi) is 8.98. The number of hydrogen-bond acceptors (Lipinski definition) is 1. The predicted octanol–water partition coefficient (Wildman–Crippen LogP) is 5.66. The van der Waals surface area contributed by atoms with Crippen molar-refractivity contribution >= 4 is 11.8 Å². The Bertz CT molecular complexity index is 314. The first kappa shape index (κ1) is 16.6. The Labute approximate surface area is 123 Å². The van der Waals surface area contributed by atoms with E-state index in [0.717, 1.165) is 17.9 Å². The van der Waals surface area contributed by atoms with E-state index in [9.17, 15) is 0 Å². The lowest BCUT2D eigenvalue weighted by Gasteiger charge is -2.01. The Balaban J connectivity index is 1.88. The average Bonchev–Trinajstić information content (AvgIpc) is 2.71. The van der Waals surface area contributed by atoms with Crippen LogP contribution in [0.3, 0.4) is 0 Å². The lowest BCUT2D eigenvalue weighted by molar-refractivity contribution is 0.555. The first-order valence-electron chi connectivity index (χ1n) is 7.95. The van der Waals surface area contributed by atoms with Crippen LogP contribution in [-0.2, 0) is 6.42 Å². The lowest BCUT2D eigenvalue weighted by Crippen LogP contribution is -1.87. The van der Waals surface area contributed by atoms with E-state index in [0.29, 0.717) is 0 Å². The van der Waals surface area contributed by atoms with Crippen LogP contribution in [0, 0.1) is 6.92 Å². The summed E-state index contributed by atoms with van der Waals surface area (Å²) >= 11 is 5.92. The zero-order valence-corrected chi connectivity index (χ0v) is 13.4. The third kappa shape index (κ3) is 7.61. The van der Waals surface area contributed by atoms with Crippen LogP contribution in [-0.4, -0.2) is 9.07 Å². The molecule has 110 valence electrons. The molecule has 0 aliphatic rings. The van der Waals surface area contributed by atoms with Gasteiger partial charge in [-0.15, -0.1) is 0 Å². The molecular weight excluding hydrogens is 256 g/mol. The SMILES string of the molecule is CCCCCCCCCCCCc1cn(Cl)c(C)n1. The molecule has 0 atom stereocenters. The molecule has 0 unspecified atom stereocenters. The molecule has 0 radical (unpaired) electrons. The quantitative estimate of drug-likeness (QED) is 0.480. The molecule has 3 heteroatoms. The number of imidazole rings is 1. The third-order valence-electron chi connectivity index (χ3n) is 3.66. The molecule has 1 heterocycles. The largest absolute Gasteiger partial charge is 0.246 e. The lowest BCUT2D eigenvalue weighted by atomic mass is 10.1. The van der Waals surface area contributed by atoms with E-state index in [4.69, 9.17) is 11.8 Å². The van der Waals surface area contributed by atoms with Gasteiger partial charge in [0.2, 0.25) is 0 Å². The summed E-state index contributed by atoms with van der Waals surface area (Å²) < 4.78 is 1.59. The zero-order valence-electron chi connectivity index (χ0n) is 12.6. The maximum Gasteiger partial charge on any atom is 0.120 e. The number of rotatable bonds is 11. The average molecular weight is 285 g/mol. The van der Waals surface area contributed by atoms with Crippen molar-refractivity contribution in [3.63, 3.8) is 0 Å². The van der Waals surface area contributed by atoms with Crippen LogP contribution in [0.2, 0.25) is 0 Å². The molecule has 0 aliphatic carbocycles. The van der Waals surface area contributed by atoms with Gasteiger partial charge >= 0.3 is 0 Å². The highest BCUT2D eigenvalue weighted by molar-refractivity contribution is 6.15. The highest BCUT2D eigenvalue weighted by atomic mass is 35.5. The molecular formula is C16H29ClN2. The van der Waals surface area contributed by atoms with Crippen molar-refractivity contribution in [2.24, 2.45) is 0 Å². The summed E-state index contributed by atoms with van der Waals surface area (Å²) in [5, 5.41) is 0. The molecule has 0 fully saturated rings. The minimum atomic E-state index is 0.892. The molecule has 0 saturated carbocycles. The van der Waals surface area contributed by atoms with E-state index in [2.05, 4.69) is 11.9 Å². The fourth-order valence-electron chi connectivity index (χ4n) is 2.42. The maximum absolute atomic E-state index is 5.92. The van der Waals surface area contributed by atoms with Crippen molar-refractivity contribution in [1.82, 2.24) is 9.07 Å². The number of aromatic nitrogens is 2. The monoisotopic (exact) mass is 284 g/mol. The molecule has 1 aromatic heterocycles. The highest BCUT2D eigenvalue weighted by Crippen LogP contribution is 2.12. The van der Waals surface area contributed by atoms with Gasteiger partial charge < -0.3 is 0 Å². The van der Waals surface area contributed by atoms with Crippen LogP contribution in [0.4, 0.5) is 0 Å². The first-order valence-corrected chi connectivity index (χ1v) is 8.29. The second-order valence-corrected chi connectivity index (χ2v) is 5.89. The van der Waals surface area contributed by atoms with Crippen molar-refractivity contribution in [2.75, 3.05) is 0 Å². The van der Waals surface area contributed by atoms with Crippen molar-refractivity contribution in [3.05, 3.63) is 17.7 Å². The van der Waals surface area contributed by atoms with Crippen LogP contribution in [0.5, 0.6) is 0 Å². The molecule has 1 rings (SSSR count). The van der Waals surface area contributed by atoms with E-state index in [1.54, 1.807) is 4.09 Å². The van der Waals surface area contributed by atoms with E-state index >= 15 is 0 Å². The zero-order chi connectivity index (χ0) is 13.9. The van der Waals surface area contributed by atoms with E-state index in [1.807, 2.05) is 13.1 Å². The second-order valence-electron chi connectivity index (χ2n) is 5.52. The van der Waals surface area contributed by atoms with Crippen molar-refractivity contribution < 1.29 is 0 Å². The number of aryl methyl sites for hydroxylation is 2. The van der Waals surface area contributed by atoms with Gasteiger partial charge in [0.05, 0.1) is 5.69 Å². The highest BCUT2D eigenvalue weighted by Gasteiger charge is 2.01. The van der Waals surface area contributed by atoms with E-state index in [1.165, 1.54) is 64.2 Å². The molecule has 1 aromatic rings. The summed E-state index contributed by atoms with van der Waals surface area (Å²) in [4.78, 5) is 4.42. The van der Waals surface area contributed by atoms with Gasteiger partial charge in [-0.2, -0.15) is 0 Å². The molecule has 0 aliphatic heterocycles. The molecule has 0 bridgehead atoms. The smallest absolute Gasteiger partial charge is 0.120 e. The van der Waals surface area contributed by atoms with Crippen molar-refractivity contribution in [3.8, 4) is 0 Å². The first-order chi connectivity index (χ1) is 9.24. The van der Waals surface area contributed by atoms with Gasteiger partial charge in [0.25, 0.3) is 0 Å². The second kappa shape index (κ2) is 10.3. The number of nitrogens with zero attached hydrogens (tertiary/aromatic N) is 2. The van der Waals surface area contributed by atoms with Gasteiger partial charge in [-0.3, -0.25) is 0 Å². The molecule has 0 amide bonds. The standard InChI is InChI=1S/C16H29ClN2/c1-3-4-5-6-7-8-9-10-11-12-13-16-14-19(17)15(2)18-16/h14H,3-13H2,1-2H3. The fourth-order valence-corrected chi connectivity index (χ4v) is 2.57.